The molecule has 1 aromatic carbocycles. The van der Waals surface area contributed by atoms with Crippen LogP contribution in [0.15, 0.2) is 18.2 Å². The fraction of sp³-hybridized carbons (Fsp3) is 0.462. The summed E-state index contributed by atoms with van der Waals surface area (Å²) < 4.78 is 13.1. The molecule has 2 nitrogen and oxygen atoms in total. The van der Waals surface area contributed by atoms with Gasteiger partial charge in [0.1, 0.15) is 5.82 Å². The minimum Gasteiger partial charge on any atom is -0.351 e. The molecule has 0 aliphatic heterocycles. The summed E-state index contributed by atoms with van der Waals surface area (Å²) in [6.45, 7) is 6.13. The smallest absolute Gasteiger partial charge is 0.251 e. The van der Waals surface area contributed by atoms with Crippen LogP contribution in [-0.4, -0.2) is 18.3 Å². The zero-order valence-corrected chi connectivity index (χ0v) is 11.1. The summed E-state index contributed by atoms with van der Waals surface area (Å²) in [6.07, 6.45) is 0. The molecular weight excluding hydrogens is 241 g/mol. The van der Waals surface area contributed by atoms with E-state index in [9.17, 15) is 9.18 Å². The number of aryl methyl sites for hydroxylation is 1. The third-order valence-electron chi connectivity index (χ3n) is 2.39. The maximum Gasteiger partial charge on any atom is 0.251 e. The molecule has 0 aliphatic rings. The summed E-state index contributed by atoms with van der Waals surface area (Å²) in [4.78, 5) is 11.8. The predicted molar refractivity (Wildman–Crippen MR) is 68.0 cm³/mol. The molecule has 4 heteroatoms. The van der Waals surface area contributed by atoms with Gasteiger partial charge in [0, 0.05) is 18.0 Å². The molecule has 0 unspecified atom stereocenters. The molecule has 1 amide bonds. The largest absolute Gasteiger partial charge is 0.351 e. The highest BCUT2D eigenvalue weighted by atomic mass is 35.5. The van der Waals surface area contributed by atoms with Crippen molar-refractivity contribution in [2.45, 2.75) is 20.8 Å². The van der Waals surface area contributed by atoms with Crippen molar-refractivity contribution in [3.63, 3.8) is 0 Å². The second-order valence-corrected chi connectivity index (χ2v) is 5.27. The van der Waals surface area contributed by atoms with Gasteiger partial charge in [0.05, 0.1) is 0 Å². The van der Waals surface area contributed by atoms with E-state index < -0.39 is 5.82 Å². The fourth-order valence-corrected chi connectivity index (χ4v) is 1.43. The van der Waals surface area contributed by atoms with Crippen LogP contribution in [0.2, 0.25) is 0 Å². The van der Waals surface area contributed by atoms with E-state index in [1.54, 1.807) is 13.0 Å². The van der Waals surface area contributed by atoms with Crippen LogP contribution in [0.4, 0.5) is 4.39 Å². The number of hydrogen-bond acceptors (Lipinski definition) is 1. The van der Waals surface area contributed by atoms with E-state index in [1.807, 2.05) is 13.8 Å². The molecule has 0 heterocycles. The molecule has 0 saturated heterocycles. The van der Waals surface area contributed by atoms with E-state index in [4.69, 9.17) is 11.6 Å². The molecule has 17 heavy (non-hydrogen) atoms. The van der Waals surface area contributed by atoms with Gasteiger partial charge in [-0.15, -0.1) is 11.6 Å². The van der Waals surface area contributed by atoms with Gasteiger partial charge >= 0.3 is 0 Å². The highest BCUT2D eigenvalue weighted by molar-refractivity contribution is 6.18. The first-order valence-electron chi connectivity index (χ1n) is 5.45. The van der Waals surface area contributed by atoms with Gasteiger partial charge in [-0.05, 0) is 36.1 Å². The fourth-order valence-electron chi connectivity index (χ4n) is 1.34. The third-order valence-corrected chi connectivity index (χ3v) is 3.12. The summed E-state index contributed by atoms with van der Waals surface area (Å²) in [5, 5.41) is 2.75. The molecule has 0 aliphatic carbocycles. The zero-order valence-electron chi connectivity index (χ0n) is 10.3. The molecule has 1 N–H and O–H groups in total. The molecule has 1 aromatic rings. The lowest BCUT2D eigenvalue weighted by atomic mass is 9.96. The summed E-state index contributed by atoms with van der Waals surface area (Å²) in [7, 11) is 0. The van der Waals surface area contributed by atoms with Crippen LogP contribution in [0, 0.1) is 18.2 Å². The Morgan fingerprint density at radius 3 is 2.59 bits per heavy atom. The number of carbonyl (C=O) groups excluding carboxylic acids is 1. The van der Waals surface area contributed by atoms with Crippen LogP contribution in [0.1, 0.15) is 29.8 Å². The molecule has 0 spiro atoms. The summed E-state index contributed by atoms with van der Waals surface area (Å²) >= 11 is 5.76. The maximum absolute atomic E-state index is 13.1. The van der Waals surface area contributed by atoms with Crippen molar-refractivity contribution in [2.24, 2.45) is 5.41 Å². The number of halogens is 2. The normalized spacial score (nSPS) is 11.4. The van der Waals surface area contributed by atoms with E-state index >= 15 is 0 Å². The second kappa shape index (κ2) is 5.50. The monoisotopic (exact) mass is 257 g/mol. The SMILES string of the molecule is Cc1cc(F)cc(C(=O)NCC(C)(C)CCl)c1. The van der Waals surface area contributed by atoms with Crippen molar-refractivity contribution in [2.75, 3.05) is 12.4 Å². The Morgan fingerprint density at radius 2 is 2.06 bits per heavy atom. The van der Waals surface area contributed by atoms with Crippen LogP contribution >= 0.6 is 11.6 Å². The number of alkyl halides is 1. The molecule has 1 rings (SSSR count). The van der Waals surface area contributed by atoms with Crippen molar-refractivity contribution in [3.05, 3.63) is 35.1 Å². The van der Waals surface area contributed by atoms with Crippen molar-refractivity contribution in [1.29, 1.82) is 0 Å². The van der Waals surface area contributed by atoms with Gasteiger partial charge in [0.25, 0.3) is 5.91 Å². The number of benzene rings is 1. The molecule has 0 bridgehead atoms. The van der Waals surface area contributed by atoms with Crippen LogP contribution in [0.25, 0.3) is 0 Å². The molecule has 0 radical (unpaired) electrons. The molecule has 0 aromatic heterocycles. The minimum absolute atomic E-state index is 0.167. The van der Waals surface area contributed by atoms with Gasteiger partial charge in [-0.3, -0.25) is 4.79 Å². The lowest BCUT2D eigenvalue weighted by molar-refractivity contribution is 0.0939. The Morgan fingerprint density at radius 1 is 1.41 bits per heavy atom. The van der Waals surface area contributed by atoms with Gasteiger partial charge in [-0.2, -0.15) is 0 Å². The summed E-state index contributed by atoms with van der Waals surface area (Å²) in [5.41, 5.74) is 0.902. The standard InChI is InChI=1S/C13H17ClFNO/c1-9-4-10(6-11(15)5-9)12(17)16-8-13(2,3)7-14/h4-6H,7-8H2,1-3H3,(H,16,17). The van der Waals surface area contributed by atoms with Gasteiger partial charge < -0.3 is 5.32 Å². The Hall–Kier alpha value is -1.09. The molecule has 94 valence electrons. The quantitative estimate of drug-likeness (QED) is 0.825. The number of amides is 1. The topological polar surface area (TPSA) is 29.1 Å². The molecule has 0 saturated carbocycles. The zero-order chi connectivity index (χ0) is 13.1. The number of rotatable bonds is 4. The van der Waals surface area contributed by atoms with Gasteiger partial charge in [0.15, 0.2) is 0 Å². The van der Waals surface area contributed by atoms with Gasteiger partial charge in [-0.25, -0.2) is 4.39 Å². The molecule has 0 atom stereocenters. The number of carbonyl (C=O) groups is 1. The van der Waals surface area contributed by atoms with Crippen LogP contribution in [-0.2, 0) is 0 Å². The summed E-state index contributed by atoms with van der Waals surface area (Å²) in [5.74, 6) is -0.215. The van der Waals surface area contributed by atoms with E-state index in [0.29, 0.717) is 18.0 Å². The first kappa shape index (κ1) is 14.0. The third kappa shape index (κ3) is 4.35. The Bertz CT molecular complexity index is 398. The summed E-state index contributed by atoms with van der Waals surface area (Å²) in [6, 6.07) is 4.28. The van der Waals surface area contributed by atoms with Crippen molar-refractivity contribution in [3.8, 4) is 0 Å². The minimum atomic E-state index is -0.397. The molecular formula is C13H17ClFNO. The number of nitrogens with one attached hydrogen (secondary N) is 1. The molecule has 0 fully saturated rings. The first-order chi connectivity index (χ1) is 7.84. The first-order valence-corrected chi connectivity index (χ1v) is 5.99. The van der Waals surface area contributed by atoms with Gasteiger partial charge in [0.2, 0.25) is 0 Å². The maximum atomic E-state index is 13.1. The van der Waals surface area contributed by atoms with E-state index in [0.717, 1.165) is 5.56 Å². The lowest BCUT2D eigenvalue weighted by Crippen LogP contribution is -2.35. The Kier molecular flexibility index (Phi) is 4.52. The van der Waals surface area contributed by atoms with Crippen LogP contribution in [0.5, 0.6) is 0 Å². The lowest BCUT2D eigenvalue weighted by Gasteiger charge is -2.21. The van der Waals surface area contributed by atoms with Crippen molar-refractivity contribution < 1.29 is 9.18 Å². The highest BCUT2D eigenvalue weighted by Gasteiger charge is 2.18. The van der Waals surface area contributed by atoms with E-state index in [1.165, 1.54) is 12.1 Å². The average Bonchev–Trinajstić information content (AvgIpc) is 2.24. The van der Waals surface area contributed by atoms with Gasteiger partial charge in [-0.1, -0.05) is 13.8 Å². The van der Waals surface area contributed by atoms with Crippen molar-refractivity contribution in [1.82, 2.24) is 5.32 Å². The highest BCUT2D eigenvalue weighted by Crippen LogP contribution is 2.15. The van der Waals surface area contributed by atoms with E-state index in [-0.39, 0.29) is 11.3 Å². The Balaban J connectivity index is 2.70. The van der Waals surface area contributed by atoms with Crippen LogP contribution < -0.4 is 5.32 Å². The average molecular weight is 258 g/mol. The second-order valence-electron chi connectivity index (χ2n) is 5.00. The van der Waals surface area contributed by atoms with Crippen LogP contribution in [0.3, 0.4) is 0 Å². The number of hydrogen-bond donors (Lipinski definition) is 1. The van der Waals surface area contributed by atoms with Crippen molar-refractivity contribution >= 4 is 17.5 Å². The predicted octanol–water partition coefficient (Wildman–Crippen LogP) is 3.13. The Labute approximate surface area is 106 Å². The van der Waals surface area contributed by atoms with E-state index in [2.05, 4.69) is 5.32 Å².